The summed E-state index contributed by atoms with van der Waals surface area (Å²) in [6.45, 7) is 9.59. The lowest BCUT2D eigenvalue weighted by molar-refractivity contribution is 0.0366. The van der Waals surface area contributed by atoms with E-state index in [4.69, 9.17) is 4.74 Å². The van der Waals surface area contributed by atoms with E-state index in [9.17, 15) is 23.1 Å². The summed E-state index contributed by atoms with van der Waals surface area (Å²) >= 11 is 0. The molecule has 3 amide bonds. The average Bonchev–Trinajstić information content (AvgIpc) is 2.85. The van der Waals surface area contributed by atoms with E-state index in [1.807, 2.05) is 27.7 Å². The molecular formula is C27H38N4O6S. The monoisotopic (exact) mass is 546 g/mol. The summed E-state index contributed by atoms with van der Waals surface area (Å²) in [6, 6.07) is 10.2. The molecule has 3 N–H and O–H groups in total. The van der Waals surface area contributed by atoms with Gasteiger partial charge in [0.15, 0.2) is 0 Å². The lowest BCUT2D eigenvalue weighted by Gasteiger charge is -2.38. The Morgan fingerprint density at radius 1 is 1.18 bits per heavy atom. The number of hydrogen-bond donors (Lipinski definition) is 3. The second-order valence-electron chi connectivity index (χ2n) is 10.2. The van der Waals surface area contributed by atoms with Crippen molar-refractivity contribution in [2.45, 2.75) is 57.7 Å². The van der Waals surface area contributed by atoms with Gasteiger partial charge in [-0.15, -0.1) is 0 Å². The second kappa shape index (κ2) is 12.0. The third-order valence-electron chi connectivity index (χ3n) is 6.46. The third-order valence-corrected chi connectivity index (χ3v) is 7.86. The number of ether oxygens (including phenoxy) is 1. The number of benzene rings is 2. The minimum Gasteiger partial charge on any atom is -0.487 e. The molecule has 0 fully saturated rings. The van der Waals surface area contributed by atoms with Crippen LogP contribution in [0.3, 0.4) is 0 Å². The van der Waals surface area contributed by atoms with Gasteiger partial charge in [0.2, 0.25) is 0 Å². The number of nitrogens with one attached hydrogen (secondary N) is 2. The quantitative estimate of drug-likeness (QED) is 0.467. The third kappa shape index (κ3) is 6.96. The van der Waals surface area contributed by atoms with E-state index in [0.717, 1.165) is 5.56 Å². The van der Waals surface area contributed by atoms with Gasteiger partial charge >= 0.3 is 6.03 Å². The molecule has 1 aliphatic rings. The van der Waals surface area contributed by atoms with Crippen LogP contribution in [0.25, 0.3) is 0 Å². The van der Waals surface area contributed by atoms with Crippen LogP contribution >= 0.6 is 0 Å². The summed E-state index contributed by atoms with van der Waals surface area (Å²) in [6.07, 6.45) is -0.465. The second-order valence-corrected chi connectivity index (χ2v) is 11.9. The van der Waals surface area contributed by atoms with Crippen LogP contribution in [0.2, 0.25) is 0 Å². The van der Waals surface area contributed by atoms with E-state index < -0.39 is 22.2 Å². The number of anilines is 1. The lowest BCUT2D eigenvalue weighted by Crippen LogP contribution is -2.51. The number of amides is 3. The predicted molar refractivity (Wildman–Crippen MR) is 146 cm³/mol. The van der Waals surface area contributed by atoms with E-state index in [0.29, 0.717) is 0 Å². The highest BCUT2D eigenvalue weighted by Crippen LogP contribution is 2.31. The van der Waals surface area contributed by atoms with Gasteiger partial charge in [-0.1, -0.05) is 24.6 Å². The molecule has 0 saturated heterocycles. The van der Waals surface area contributed by atoms with Crippen LogP contribution in [0.4, 0.5) is 10.5 Å². The molecule has 11 heteroatoms. The van der Waals surface area contributed by atoms with Gasteiger partial charge in [0.25, 0.3) is 15.9 Å². The van der Waals surface area contributed by atoms with Crippen molar-refractivity contribution in [1.82, 2.24) is 15.1 Å². The molecule has 0 saturated carbocycles. The van der Waals surface area contributed by atoms with Crippen molar-refractivity contribution in [2.75, 3.05) is 31.5 Å². The van der Waals surface area contributed by atoms with Gasteiger partial charge < -0.3 is 25.0 Å². The van der Waals surface area contributed by atoms with Gasteiger partial charge in [0.05, 0.1) is 29.7 Å². The average molecular weight is 547 g/mol. The Balaban J connectivity index is 1.96. The maximum Gasteiger partial charge on any atom is 0.317 e. The van der Waals surface area contributed by atoms with Gasteiger partial charge in [0.1, 0.15) is 11.9 Å². The molecule has 1 aliphatic heterocycles. The maximum atomic E-state index is 13.6. The Kier molecular flexibility index (Phi) is 9.26. The number of rotatable bonds is 8. The molecule has 3 atom stereocenters. The molecule has 3 rings (SSSR count). The Bertz CT molecular complexity index is 1250. The fourth-order valence-electron chi connectivity index (χ4n) is 4.15. The number of urea groups is 1. The van der Waals surface area contributed by atoms with E-state index in [1.54, 1.807) is 37.1 Å². The van der Waals surface area contributed by atoms with Crippen molar-refractivity contribution in [1.29, 1.82) is 0 Å². The van der Waals surface area contributed by atoms with Crippen molar-refractivity contribution in [3.63, 3.8) is 0 Å². The normalized spacial score (nSPS) is 18.6. The Morgan fingerprint density at radius 2 is 1.84 bits per heavy atom. The van der Waals surface area contributed by atoms with Crippen molar-refractivity contribution in [3.05, 3.63) is 53.6 Å². The van der Waals surface area contributed by atoms with Crippen LogP contribution < -0.4 is 14.8 Å². The van der Waals surface area contributed by atoms with Gasteiger partial charge in [0, 0.05) is 31.2 Å². The highest BCUT2D eigenvalue weighted by Gasteiger charge is 2.34. The topological polar surface area (TPSA) is 128 Å². The number of carbonyl (C=O) groups is 2. The highest BCUT2D eigenvalue weighted by molar-refractivity contribution is 7.92. The Morgan fingerprint density at radius 3 is 2.45 bits per heavy atom. The van der Waals surface area contributed by atoms with Crippen LogP contribution in [0.15, 0.2) is 47.4 Å². The number of aliphatic hydroxyl groups is 1. The smallest absolute Gasteiger partial charge is 0.317 e. The zero-order chi connectivity index (χ0) is 28.2. The number of sulfonamides is 1. The first kappa shape index (κ1) is 29.2. The van der Waals surface area contributed by atoms with E-state index in [1.165, 1.54) is 29.2 Å². The summed E-state index contributed by atoms with van der Waals surface area (Å²) in [4.78, 5) is 29.3. The molecule has 10 nitrogen and oxygen atoms in total. The van der Waals surface area contributed by atoms with Crippen molar-refractivity contribution < 1.29 is 27.9 Å². The molecular weight excluding hydrogens is 508 g/mol. The lowest BCUT2D eigenvalue weighted by atomic mass is 9.99. The molecule has 0 aromatic heterocycles. The number of aliphatic hydroxyl groups excluding tert-OH is 1. The summed E-state index contributed by atoms with van der Waals surface area (Å²) in [7, 11) is -2.21. The molecule has 38 heavy (non-hydrogen) atoms. The summed E-state index contributed by atoms with van der Waals surface area (Å²) in [5.74, 6) is -0.276. The molecule has 2 aromatic carbocycles. The summed E-state index contributed by atoms with van der Waals surface area (Å²) in [5, 5.41) is 12.7. The molecule has 0 spiro atoms. The maximum absolute atomic E-state index is 13.6. The molecule has 0 bridgehead atoms. The molecule has 0 radical (unpaired) electrons. The first-order valence-electron chi connectivity index (χ1n) is 12.7. The first-order chi connectivity index (χ1) is 17.8. The minimum absolute atomic E-state index is 0.0259. The number of fused-ring (bicyclic) bond motifs is 1. The fraction of sp³-hybridized carbons (Fsp3) is 0.481. The predicted octanol–water partition coefficient (Wildman–Crippen LogP) is 3.07. The van der Waals surface area contributed by atoms with Gasteiger partial charge in [-0.2, -0.15) is 0 Å². The molecule has 208 valence electrons. The summed E-state index contributed by atoms with van der Waals surface area (Å²) < 4.78 is 34.7. The Labute approximate surface area is 225 Å². The van der Waals surface area contributed by atoms with E-state index in [2.05, 4.69) is 10.0 Å². The largest absolute Gasteiger partial charge is 0.487 e. The minimum atomic E-state index is -3.89. The highest BCUT2D eigenvalue weighted by atomic mass is 32.2. The van der Waals surface area contributed by atoms with Crippen LogP contribution in [-0.4, -0.2) is 80.2 Å². The van der Waals surface area contributed by atoms with Crippen LogP contribution in [-0.2, 0) is 10.0 Å². The molecule has 2 aromatic rings. The fourth-order valence-corrected chi connectivity index (χ4v) is 5.19. The van der Waals surface area contributed by atoms with E-state index in [-0.39, 0.29) is 65.5 Å². The summed E-state index contributed by atoms with van der Waals surface area (Å²) in [5.41, 5.74) is 1.30. The standard InChI is InChI=1S/C27H38N4O6S/c1-17(2)28-27(34)30(6)15-25-19(4)14-31(20(5)16-32)26(33)23-13-21(9-12-24(23)37-25)29-38(35,36)22-10-7-18(3)8-11-22/h7-13,17,19-20,25,29,32H,14-16H2,1-6H3,(H,28,34)/t19-,20-,25-/m1/s1. The van der Waals surface area contributed by atoms with Crippen LogP contribution in [0.5, 0.6) is 5.75 Å². The van der Waals surface area contributed by atoms with Gasteiger partial charge in [-0.3, -0.25) is 9.52 Å². The number of aryl methyl sites for hydroxylation is 1. The van der Waals surface area contributed by atoms with Gasteiger partial charge in [-0.05, 0) is 58.0 Å². The number of likely N-dealkylation sites (N-methyl/N-ethyl adjacent to an activating group) is 1. The molecule has 0 unspecified atom stereocenters. The van der Waals surface area contributed by atoms with E-state index >= 15 is 0 Å². The number of nitrogens with zero attached hydrogens (tertiary/aromatic N) is 2. The zero-order valence-corrected chi connectivity index (χ0v) is 23.6. The van der Waals surface area contributed by atoms with Crippen molar-refractivity contribution >= 4 is 27.6 Å². The molecule has 0 aliphatic carbocycles. The number of hydrogen-bond acceptors (Lipinski definition) is 6. The Hall–Kier alpha value is -3.31. The van der Waals surface area contributed by atoms with Crippen LogP contribution in [0.1, 0.15) is 43.6 Å². The SMILES string of the molecule is Cc1ccc(S(=O)(=O)Nc2ccc3c(c2)C(=O)N([C@H](C)CO)C[C@@H](C)[C@@H](CN(C)C(=O)NC(C)C)O3)cc1. The van der Waals surface area contributed by atoms with Crippen LogP contribution in [0, 0.1) is 12.8 Å². The van der Waals surface area contributed by atoms with Crippen molar-refractivity contribution in [2.24, 2.45) is 5.92 Å². The number of carbonyl (C=O) groups excluding carboxylic acids is 2. The zero-order valence-electron chi connectivity index (χ0n) is 22.8. The van der Waals surface area contributed by atoms with Crippen molar-refractivity contribution in [3.8, 4) is 5.75 Å². The first-order valence-corrected chi connectivity index (χ1v) is 14.1. The van der Waals surface area contributed by atoms with Gasteiger partial charge in [-0.25, -0.2) is 13.2 Å². The molecule has 1 heterocycles.